The second-order valence-corrected chi connectivity index (χ2v) is 4.43. The number of nitrogens with two attached hydrogens (primary N) is 1. The third-order valence-corrected chi connectivity index (χ3v) is 2.72. The summed E-state index contributed by atoms with van der Waals surface area (Å²) >= 11 is 0. The molecule has 0 saturated carbocycles. The fraction of sp³-hybridized carbons (Fsp3) is 0.455. The van der Waals surface area contributed by atoms with E-state index in [2.05, 4.69) is 0 Å². The molecule has 0 unspecified atom stereocenters. The number of nitro groups is 1. The lowest BCUT2D eigenvalue weighted by Crippen LogP contribution is -2.30. The Bertz CT molecular complexity index is 461. The van der Waals surface area contributed by atoms with Gasteiger partial charge >= 0.3 is 5.69 Å². The number of hydrogen-bond donors (Lipinski definition) is 4. The Kier molecular flexibility index (Phi) is 4.10. The molecule has 1 aromatic carbocycles. The zero-order chi connectivity index (χ0) is 14.0. The van der Waals surface area contributed by atoms with Crippen molar-refractivity contribution in [2.24, 2.45) is 11.7 Å². The van der Waals surface area contributed by atoms with Gasteiger partial charge in [0.25, 0.3) is 0 Å². The molecule has 0 aliphatic rings. The first-order valence-electron chi connectivity index (χ1n) is 5.39. The van der Waals surface area contributed by atoms with Crippen LogP contribution in [0.15, 0.2) is 12.1 Å². The van der Waals surface area contributed by atoms with E-state index in [0.717, 1.165) is 12.1 Å². The van der Waals surface area contributed by atoms with Gasteiger partial charge < -0.3 is 21.1 Å². The molecule has 18 heavy (non-hydrogen) atoms. The van der Waals surface area contributed by atoms with Crippen molar-refractivity contribution in [3.63, 3.8) is 0 Å². The van der Waals surface area contributed by atoms with Crippen LogP contribution in [0, 0.1) is 16.0 Å². The van der Waals surface area contributed by atoms with E-state index >= 15 is 0 Å². The fourth-order valence-corrected chi connectivity index (χ4v) is 1.57. The van der Waals surface area contributed by atoms with Crippen LogP contribution in [-0.2, 0) is 0 Å². The largest absolute Gasteiger partial charge is 0.504 e. The second-order valence-electron chi connectivity index (χ2n) is 4.43. The van der Waals surface area contributed by atoms with Gasteiger partial charge in [-0.3, -0.25) is 10.1 Å². The van der Waals surface area contributed by atoms with Crippen LogP contribution >= 0.6 is 0 Å². The molecule has 0 saturated heterocycles. The first-order chi connectivity index (χ1) is 8.25. The first-order valence-corrected chi connectivity index (χ1v) is 5.39. The molecule has 5 N–H and O–H groups in total. The Hall–Kier alpha value is -1.86. The molecule has 7 nitrogen and oxygen atoms in total. The predicted molar refractivity (Wildman–Crippen MR) is 64.2 cm³/mol. The van der Waals surface area contributed by atoms with Crippen molar-refractivity contribution in [3.05, 3.63) is 27.8 Å². The lowest BCUT2D eigenvalue weighted by Gasteiger charge is -2.22. The first kappa shape index (κ1) is 14.2. The van der Waals surface area contributed by atoms with Crippen molar-refractivity contribution in [1.29, 1.82) is 0 Å². The summed E-state index contributed by atoms with van der Waals surface area (Å²) in [6.07, 6.45) is -0.909. The standard InChI is InChI=1S/C11H16N2O5/c1-5(2)10(15)9(12)6-3-7(13(17)18)11(16)8(14)4-6/h3-5,9-10,14-16H,12H2,1-2H3/t9-,10+/m0/s1. The minimum atomic E-state index is -0.909. The van der Waals surface area contributed by atoms with Crippen LogP contribution in [0.3, 0.4) is 0 Å². The van der Waals surface area contributed by atoms with Crippen molar-refractivity contribution < 1.29 is 20.2 Å². The molecule has 0 spiro atoms. The van der Waals surface area contributed by atoms with Crippen molar-refractivity contribution in [2.45, 2.75) is 26.0 Å². The summed E-state index contributed by atoms with van der Waals surface area (Å²) in [5.41, 5.74) is 5.31. The van der Waals surface area contributed by atoms with Crippen molar-refractivity contribution in [3.8, 4) is 11.5 Å². The molecule has 0 fully saturated rings. The number of aromatic hydroxyl groups is 2. The molecule has 1 aromatic rings. The molecular weight excluding hydrogens is 240 g/mol. The van der Waals surface area contributed by atoms with Crippen molar-refractivity contribution in [1.82, 2.24) is 0 Å². The maximum absolute atomic E-state index is 10.7. The van der Waals surface area contributed by atoms with Gasteiger partial charge in [0, 0.05) is 6.07 Å². The van der Waals surface area contributed by atoms with Crippen LogP contribution in [0.25, 0.3) is 0 Å². The van der Waals surface area contributed by atoms with Crippen molar-refractivity contribution in [2.75, 3.05) is 0 Å². The summed E-state index contributed by atoms with van der Waals surface area (Å²) < 4.78 is 0. The number of rotatable bonds is 4. The zero-order valence-corrected chi connectivity index (χ0v) is 10.1. The number of hydrogen-bond acceptors (Lipinski definition) is 6. The quantitative estimate of drug-likeness (QED) is 0.361. The molecule has 7 heteroatoms. The maximum atomic E-state index is 10.7. The SMILES string of the molecule is CC(C)[C@@H](O)[C@@H](N)c1cc(O)c(O)c([N+](=O)[O-])c1. The summed E-state index contributed by atoms with van der Waals surface area (Å²) in [4.78, 5) is 9.86. The summed E-state index contributed by atoms with van der Waals surface area (Å²) in [6.45, 7) is 3.50. The summed E-state index contributed by atoms with van der Waals surface area (Å²) in [5, 5.41) is 39.2. The van der Waals surface area contributed by atoms with Gasteiger partial charge in [0.2, 0.25) is 5.75 Å². The maximum Gasteiger partial charge on any atom is 0.314 e. The lowest BCUT2D eigenvalue weighted by molar-refractivity contribution is -0.386. The molecular formula is C11H16N2O5. The van der Waals surface area contributed by atoms with Crippen LogP contribution in [0.5, 0.6) is 11.5 Å². The highest BCUT2D eigenvalue weighted by Crippen LogP contribution is 2.38. The van der Waals surface area contributed by atoms with E-state index in [1.165, 1.54) is 0 Å². The highest BCUT2D eigenvalue weighted by molar-refractivity contribution is 5.57. The Labute approximate surface area is 104 Å². The van der Waals surface area contributed by atoms with Crippen LogP contribution in [0.2, 0.25) is 0 Å². The summed E-state index contributed by atoms with van der Waals surface area (Å²) in [7, 11) is 0. The van der Waals surface area contributed by atoms with Crippen LogP contribution < -0.4 is 5.73 Å². The molecule has 100 valence electrons. The van der Waals surface area contributed by atoms with E-state index in [0.29, 0.717) is 0 Å². The average Bonchev–Trinajstić information content (AvgIpc) is 2.29. The number of aliphatic hydroxyl groups excluding tert-OH is 1. The molecule has 2 atom stereocenters. The Morgan fingerprint density at radius 2 is 1.89 bits per heavy atom. The molecule has 0 radical (unpaired) electrons. The number of nitrogens with zero attached hydrogens (tertiary/aromatic N) is 1. The monoisotopic (exact) mass is 256 g/mol. The molecule has 0 aromatic heterocycles. The van der Waals surface area contributed by atoms with Gasteiger partial charge in [-0.05, 0) is 17.5 Å². The van der Waals surface area contributed by atoms with Crippen LogP contribution in [0.1, 0.15) is 25.5 Å². The Morgan fingerprint density at radius 1 is 1.33 bits per heavy atom. The topological polar surface area (TPSA) is 130 Å². The van der Waals surface area contributed by atoms with E-state index < -0.39 is 34.3 Å². The normalized spacial score (nSPS) is 14.5. The van der Waals surface area contributed by atoms with Crippen LogP contribution in [0.4, 0.5) is 5.69 Å². The highest BCUT2D eigenvalue weighted by Gasteiger charge is 2.25. The number of phenolic OH excluding ortho intramolecular Hbond substituents is 2. The third kappa shape index (κ3) is 2.69. The minimum absolute atomic E-state index is 0.144. The van der Waals surface area contributed by atoms with Gasteiger partial charge in [0.1, 0.15) is 0 Å². The van der Waals surface area contributed by atoms with Gasteiger partial charge in [-0.2, -0.15) is 0 Å². The Balaban J connectivity index is 3.22. The fourth-order valence-electron chi connectivity index (χ4n) is 1.57. The molecule has 0 amide bonds. The number of benzene rings is 1. The second kappa shape index (κ2) is 5.19. The van der Waals surface area contributed by atoms with E-state index in [1.54, 1.807) is 13.8 Å². The average molecular weight is 256 g/mol. The van der Waals surface area contributed by atoms with Gasteiger partial charge in [-0.15, -0.1) is 0 Å². The molecule has 1 rings (SSSR count). The molecule has 0 aliphatic carbocycles. The van der Waals surface area contributed by atoms with E-state index in [4.69, 9.17) is 5.73 Å². The lowest BCUT2D eigenvalue weighted by atomic mass is 9.94. The van der Waals surface area contributed by atoms with Crippen molar-refractivity contribution >= 4 is 5.69 Å². The molecule has 0 bridgehead atoms. The predicted octanol–water partition coefficient (Wildman–Crippen LogP) is 1.02. The van der Waals surface area contributed by atoms with Gasteiger partial charge in [0.05, 0.1) is 17.1 Å². The van der Waals surface area contributed by atoms with Gasteiger partial charge in [-0.1, -0.05) is 13.8 Å². The third-order valence-electron chi connectivity index (χ3n) is 2.72. The Morgan fingerprint density at radius 3 is 2.33 bits per heavy atom. The molecule has 0 heterocycles. The highest BCUT2D eigenvalue weighted by atomic mass is 16.6. The zero-order valence-electron chi connectivity index (χ0n) is 10.1. The van der Waals surface area contributed by atoms with Crippen LogP contribution in [-0.4, -0.2) is 26.3 Å². The smallest absolute Gasteiger partial charge is 0.314 e. The summed E-state index contributed by atoms with van der Waals surface area (Å²) in [5.74, 6) is -1.59. The summed E-state index contributed by atoms with van der Waals surface area (Å²) in [6, 6.07) is 1.28. The van der Waals surface area contributed by atoms with E-state index in [1.807, 2.05) is 0 Å². The van der Waals surface area contributed by atoms with Gasteiger partial charge in [0.15, 0.2) is 5.75 Å². The number of phenols is 2. The number of aliphatic hydroxyl groups is 1. The van der Waals surface area contributed by atoms with Gasteiger partial charge in [-0.25, -0.2) is 0 Å². The van der Waals surface area contributed by atoms with E-state index in [-0.39, 0.29) is 11.5 Å². The molecule has 0 aliphatic heterocycles. The number of nitro benzene ring substituents is 1. The minimum Gasteiger partial charge on any atom is -0.504 e. The van der Waals surface area contributed by atoms with E-state index in [9.17, 15) is 25.4 Å².